The molecule has 0 aliphatic heterocycles. The van der Waals surface area contributed by atoms with Crippen LogP contribution in [-0.4, -0.2) is 10.2 Å². The number of quaternary nitrogens is 1. The number of benzene rings is 1. The molecule has 0 radical (unpaired) electrons. The third kappa shape index (κ3) is 1.35. The normalized spacial score (nSPS) is 13.1. The van der Waals surface area contributed by atoms with Crippen molar-refractivity contribution >= 4 is 16.6 Å². The summed E-state index contributed by atoms with van der Waals surface area (Å²) < 4.78 is 0. The first-order valence-corrected chi connectivity index (χ1v) is 4.28. The highest BCUT2D eigenvalue weighted by atomic mass is 16.8. The molecule has 1 unspecified atom stereocenters. The Kier molecular flexibility index (Phi) is 2.17. The number of pyridine rings is 1. The van der Waals surface area contributed by atoms with Crippen molar-refractivity contribution < 1.29 is 10.4 Å². The number of nitrogens with one attached hydrogen (secondary N) is 1. The van der Waals surface area contributed by atoms with Gasteiger partial charge in [-0.3, -0.25) is 4.98 Å². The molecule has 0 bridgehead atoms. The van der Waals surface area contributed by atoms with Gasteiger partial charge >= 0.3 is 0 Å². The van der Waals surface area contributed by atoms with Crippen molar-refractivity contribution in [1.82, 2.24) is 4.98 Å². The fourth-order valence-corrected chi connectivity index (χ4v) is 1.55. The smallest absolute Gasteiger partial charge is 0.176 e. The Morgan fingerprint density at radius 2 is 2.14 bits per heavy atom. The summed E-state index contributed by atoms with van der Waals surface area (Å²) in [6, 6.07) is 7.13. The maximum atomic E-state index is 11.0. The fourth-order valence-electron chi connectivity index (χ4n) is 1.55. The molecule has 1 heterocycles. The van der Waals surface area contributed by atoms with Crippen LogP contribution in [0.3, 0.4) is 0 Å². The Bertz CT molecular complexity index is 469. The van der Waals surface area contributed by atoms with Crippen molar-refractivity contribution in [2.75, 3.05) is 0 Å². The first-order chi connectivity index (χ1) is 6.70. The Balaban J connectivity index is 2.83. The zero-order chi connectivity index (χ0) is 10.1. The van der Waals surface area contributed by atoms with Gasteiger partial charge in [0.2, 0.25) is 0 Å². The monoisotopic (exact) mass is 190 g/mol. The van der Waals surface area contributed by atoms with Crippen LogP contribution in [0.5, 0.6) is 0 Å². The molecule has 4 heteroatoms. The Morgan fingerprint density at radius 3 is 2.86 bits per heavy atom. The molecule has 1 aromatic heterocycles. The minimum Gasteiger partial charge on any atom is -0.595 e. The molecule has 0 saturated carbocycles. The van der Waals surface area contributed by atoms with Crippen molar-refractivity contribution in [3.8, 4) is 0 Å². The average molecular weight is 190 g/mol. The van der Waals surface area contributed by atoms with Crippen LogP contribution in [0.1, 0.15) is 5.56 Å². The highest BCUT2D eigenvalue weighted by Gasteiger charge is 2.10. The van der Waals surface area contributed by atoms with Crippen molar-refractivity contribution in [3.63, 3.8) is 0 Å². The molecule has 2 N–H and O–H groups in total. The summed E-state index contributed by atoms with van der Waals surface area (Å²) in [5.41, 5.74) is 1.82. The summed E-state index contributed by atoms with van der Waals surface area (Å²) in [4.78, 5) is 4.10. The predicted molar refractivity (Wildman–Crippen MR) is 52.3 cm³/mol. The van der Waals surface area contributed by atoms with Crippen LogP contribution in [0.2, 0.25) is 0 Å². The molecule has 14 heavy (non-hydrogen) atoms. The van der Waals surface area contributed by atoms with Crippen LogP contribution in [0, 0.1) is 12.1 Å². The number of hydrogen-bond acceptors (Lipinski definition) is 3. The summed E-state index contributed by atoms with van der Waals surface area (Å²) in [6.07, 6.45) is 1.66. The van der Waals surface area contributed by atoms with Crippen molar-refractivity contribution in [2.45, 2.75) is 6.92 Å². The number of aromatic nitrogens is 1. The number of hydrogen-bond donors (Lipinski definition) is 2. The number of nitrogens with zero attached hydrogens (tertiary/aromatic N) is 1. The molecule has 0 spiro atoms. The molecule has 4 nitrogen and oxygen atoms in total. The predicted octanol–water partition coefficient (Wildman–Crippen LogP) is 0.947. The molecule has 1 atom stereocenters. The Morgan fingerprint density at radius 1 is 1.36 bits per heavy atom. The summed E-state index contributed by atoms with van der Waals surface area (Å²) in [7, 11) is 0. The van der Waals surface area contributed by atoms with Crippen LogP contribution in [0.25, 0.3) is 10.9 Å². The molecule has 2 rings (SSSR count). The third-order valence-electron chi connectivity index (χ3n) is 2.21. The second kappa shape index (κ2) is 3.34. The van der Waals surface area contributed by atoms with E-state index in [1.54, 1.807) is 31.3 Å². The van der Waals surface area contributed by atoms with E-state index in [9.17, 15) is 5.21 Å². The highest BCUT2D eigenvalue weighted by molar-refractivity contribution is 5.88. The Labute approximate surface area is 81.0 Å². The SMILES string of the molecule is Cc1ccc2ncccc2c1[NH+]([O-])O. The van der Waals surface area contributed by atoms with Gasteiger partial charge in [-0.1, -0.05) is 6.07 Å². The van der Waals surface area contributed by atoms with E-state index in [2.05, 4.69) is 4.98 Å². The van der Waals surface area contributed by atoms with E-state index in [0.29, 0.717) is 11.1 Å². The molecular weight excluding hydrogens is 180 g/mol. The molecule has 0 saturated heterocycles. The minimum atomic E-state index is -0.902. The van der Waals surface area contributed by atoms with Gasteiger partial charge in [0, 0.05) is 11.8 Å². The van der Waals surface area contributed by atoms with Crippen molar-refractivity contribution in [2.24, 2.45) is 0 Å². The third-order valence-corrected chi connectivity index (χ3v) is 2.21. The van der Waals surface area contributed by atoms with Gasteiger partial charge in [0.25, 0.3) is 0 Å². The largest absolute Gasteiger partial charge is 0.595 e. The molecular formula is C10H10N2O2. The summed E-state index contributed by atoms with van der Waals surface area (Å²) >= 11 is 0. The standard InChI is InChI=1S/C10H10N2O2/c1-7-4-5-9-8(3-2-6-11-9)10(7)12(13)14/h2-6,12-13H,1H3. The van der Waals surface area contributed by atoms with E-state index in [-0.39, 0.29) is 0 Å². The molecule has 0 aliphatic carbocycles. The van der Waals surface area contributed by atoms with Crippen LogP contribution >= 0.6 is 0 Å². The van der Waals surface area contributed by atoms with Gasteiger partial charge in [-0.25, -0.2) is 5.21 Å². The maximum Gasteiger partial charge on any atom is 0.176 e. The topological polar surface area (TPSA) is 60.6 Å². The average Bonchev–Trinajstić information content (AvgIpc) is 2.17. The highest BCUT2D eigenvalue weighted by Crippen LogP contribution is 2.21. The Hall–Kier alpha value is -1.49. The van der Waals surface area contributed by atoms with Gasteiger partial charge in [-0.05, 0) is 25.1 Å². The zero-order valence-electron chi connectivity index (χ0n) is 7.69. The van der Waals surface area contributed by atoms with Gasteiger partial charge < -0.3 is 5.21 Å². The fraction of sp³-hybridized carbons (Fsp3) is 0.100. The lowest BCUT2D eigenvalue weighted by atomic mass is 10.1. The quantitative estimate of drug-likeness (QED) is 0.658. The van der Waals surface area contributed by atoms with Gasteiger partial charge in [-0.2, -0.15) is 5.23 Å². The van der Waals surface area contributed by atoms with E-state index in [1.807, 2.05) is 6.07 Å². The van der Waals surface area contributed by atoms with Crippen LogP contribution in [0.15, 0.2) is 30.5 Å². The lowest BCUT2D eigenvalue weighted by Gasteiger charge is -2.15. The van der Waals surface area contributed by atoms with Crippen molar-refractivity contribution in [1.29, 1.82) is 0 Å². The van der Waals surface area contributed by atoms with Gasteiger partial charge in [0.05, 0.1) is 10.9 Å². The first-order valence-electron chi connectivity index (χ1n) is 4.28. The zero-order valence-corrected chi connectivity index (χ0v) is 7.69. The van der Waals surface area contributed by atoms with E-state index >= 15 is 0 Å². The first kappa shape index (κ1) is 9.08. The summed E-state index contributed by atoms with van der Waals surface area (Å²) in [5.74, 6) is 0. The molecule has 72 valence electrons. The second-order valence-electron chi connectivity index (χ2n) is 3.13. The summed E-state index contributed by atoms with van der Waals surface area (Å²) in [5, 5.41) is 19.8. The minimum absolute atomic E-state index is 0.343. The van der Waals surface area contributed by atoms with E-state index in [4.69, 9.17) is 5.21 Å². The van der Waals surface area contributed by atoms with Crippen LogP contribution in [0.4, 0.5) is 5.69 Å². The van der Waals surface area contributed by atoms with Gasteiger partial charge in [0.1, 0.15) is 0 Å². The van der Waals surface area contributed by atoms with E-state index in [1.165, 1.54) is 0 Å². The molecule has 0 fully saturated rings. The summed E-state index contributed by atoms with van der Waals surface area (Å²) in [6.45, 7) is 1.79. The van der Waals surface area contributed by atoms with E-state index < -0.39 is 5.23 Å². The number of fused-ring (bicyclic) bond motifs is 1. The molecule has 0 aliphatic rings. The van der Waals surface area contributed by atoms with Crippen LogP contribution < -0.4 is 5.23 Å². The molecule has 1 aromatic carbocycles. The van der Waals surface area contributed by atoms with E-state index in [0.717, 1.165) is 11.1 Å². The molecule has 0 amide bonds. The van der Waals surface area contributed by atoms with Crippen LogP contribution in [-0.2, 0) is 0 Å². The van der Waals surface area contributed by atoms with Gasteiger partial charge in [0.15, 0.2) is 5.69 Å². The number of rotatable bonds is 1. The lowest BCUT2D eigenvalue weighted by molar-refractivity contribution is -0.990. The van der Waals surface area contributed by atoms with Crippen molar-refractivity contribution in [3.05, 3.63) is 41.2 Å². The number of aryl methyl sites for hydroxylation is 1. The maximum absolute atomic E-state index is 11.0. The van der Waals surface area contributed by atoms with Gasteiger partial charge in [-0.15, -0.1) is 0 Å². The second-order valence-corrected chi connectivity index (χ2v) is 3.13. The lowest BCUT2D eigenvalue weighted by Crippen LogP contribution is -2.99. The molecule has 2 aromatic rings.